The summed E-state index contributed by atoms with van der Waals surface area (Å²) in [7, 11) is 0. The topological polar surface area (TPSA) is 9.23 Å². The fraction of sp³-hybridized carbons (Fsp3) is 0.500. The van der Waals surface area contributed by atoms with Crippen LogP contribution in [0.5, 0.6) is 5.75 Å². The Hall–Kier alpha value is -0.980. The van der Waals surface area contributed by atoms with Gasteiger partial charge in [-0.3, -0.25) is 0 Å². The minimum atomic E-state index is 0.501. The monoisotopic (exact) mass is 176 g/mol. The van der Waals surface area contributed by atoms with E-state index in [1.165, 1.54) is 29.5 Å². The maximum Gasteiger partial charge on any atom is 0.120 e. The van der Waals surface area contributed by atoms with Gasteiger partial charge >= 0.3 is 0 Å². The summed E-state index contributed by atoms with van der Waals surface area (Å²) in [5.74, 6) is 1.04. The Balaban J connectivity index is 2.25. The highest BCUT2D eigenvalue weighted by atomic mass is 16.5. The van der Waals surface area contributed by atoms with E-state index < -0.39 is 0 Å². The molecule has 1 nitrogen and oxygen atoms in total. The van der Waals surface area contributed by atoms with Crippen molar-refractivity contribution < 1.29 is 4.74 Å². The molecule has 1 aliphatic carbocycles. The SMILES string of the molecule is Cc1cc(OC2CC2)cc(C)c1C. The van der Waals surface area contributed by atoms with E-state index in [4.69, 9.17) is 4.74 Å². The van der Waals surface area contributed by atoms with Gasteiger partial charge in [-0.1, -0.05) is 0 Å². The van der Waals surface area contributed by atoms with Crippen molar-refractivity contribution in [1.29, 1.82) is 0 Å². The number of hydrogen-bond donors (Lipinski definition) is 0. The minimum absolute atomic E-state index is 0.501. The van der Waals surface area contributed by atoms with Gasteiger partial charge in [-0.25, -0.2) is 0 Å². The van der Waals surface area contributed by atoms with E-state index in [-0.39, 0.29) is 0 Å². The molecule has 0 N–H and O–H groups in total. The quantitative estimate of drug-likeness (QED) is 0.672. The normalized spacial score (nSPS) is 15.9. The zero-order valence-corrected chi connectivity index (χ0v) is 8.55. The van der Waals surface area contributed by atoms with Gasteiger partial charge in [-0.15, -0.1) is 0 Å². The Morgan fingerprint density at radius 3 is 2.08 bits per heavy atom. The number of hydrogen-bond acceptors (Lipinski definition) is 1. The van der Waals surface area contributed by atoms with Crippen LogP contribution in [0.15, 0.2) is 12.1 Å². The zero-order valence-electron chi connectivity index (χ0n) is 8.55. The summed E-state index contributed by atoms with van der Waals surface area (Å²) in [4.78, 5) is 0. The predicted molar refractivity (Wildman–Crippen MR) is 54.3 cm³/mol. The van der Waals surface area contributed by atoms with E-state index in [0.717, 1.165) is 5.75 Å². The highest BCUT2D eigenvalue weighted by molar-refractivity contribution is 5.40. The van der Waals surface area contributed by atoms with Gasteiger partial charge in [0.25, 0.3) is 0 Å². The summed E-state index contributed by atoms with van der Waals surface area (Å²) in [6, 6.07) is 4.28. The molecule has 1 aromatic carbocycles. The Bertz CT molecular complexity index is 301. The molecule has 0 heterocycles. The summed E-state index contributed by atoms with van der Waals surface area (Å²) >= 11 is 0. The third-order valence-electron chi connectivity index (χ3n) is 2.73. The zero-order chi connectivity index (χ0) is 9.42. The molecule has 0 amide bonds. The van der Waals surface area contributed by atoms with Gasteiger partial charge in [0, 0.05) is 0 Å². The first kappa shape index (κ1) is 8.61. The molecule has 1 aliphatic rings. The molecule has 0 atom stereocenters. The lowest BCUT2D eigenvalue weighted by Gasteiger charge is -2.09. The standard InChI is InChI=1S/C12H16O/c1-8-6-12(13-11-4-5-11)7-9(2)10(8)3/h6-7,11H,4-5H2,1-3H3. The molecule has 0 radical (unpaired) electrons. The Kier molecular flexibility index (Phi) is 2.03. The molecule has 0 bridgehead atoms. The van der Waals surface area contributed by atoms with E-state index in [0.29, 0.717) is 6.10 Å². The lowest BCUT2D eigenvalue weighted by Crippen LogP contribution is -1.97. The van der Waals surface area contributed by atoms with Crippen molar-refractivity contribution in [2.24, 2.45) is 0 Å². The van der Waals surface area contributed by atoms with Crippen molar-refractivity contribution in [1.82, 2.24) is 0 Å². The van der Waals surface area contributed by atoms with Crippen LogP contribution in [-0.4, -0.2) is 6.10 Å². The van der Waals surface area contributed by atoms with Gasteiger partial charge < -0.3 is 4.74 Å². The van der Waals surface area contributed by atoms with Crippen LogP contribution in [0, 0.1) is 20.8 Å². The van der Waals surface area contributed by atoms with Crippen LogP contribution < -0.4 is 4.74 Å². The first-order valence-corrected chi connectivity index (χ1v) is 4.91. The van der Waals surface area contributed by atoms with E-state index in [2.05, 4.69) is 32.9 Å². The molecule has 1 aromatic rings. The molecule has 0 spiro atoms. The van der Waals surface area contributed by atoms with Gasteiger partial charge in [0.1, 0.15) is 5.75 Å². The summed E-state index contributed by atoms with van der Waals surface area (Å²) in [5, 5.41) is 0. The van der Waals surface area contributed by atoms with Gasteiger partial charge in [0.05, 0.1) is 6.10 Å². The molecule has 0 aromatic heterocycles. The Labute approximate surface area is 79.7 Å². The molecule has 1 heteroatoms. The van der Waals surface area contributed by atoms with Crippen molar-refractivity contribution in [2.45, 2.75) is 39.7 Å². The second kappa shape index (κ2) is 3.06. The molecule has 2 rings (SSSR count). The molecule has 1 fully saturated rings. The fourth-order valence-corrected chi connectivity index (χ4v) is 1.44. The minimum Gasteiger partial charge on any atom is -0.490 e. The van der Waals surface area contributed by atoms with Crippen molar-refractivity contribution in [3.05, 3.63) is 28.8 Å². The van der Waals surface area contributed by atoms with Crippen LogP contribution >= 0.6 is 0 Å². The lowest BCUT2D eigenvalue weighted by molar-refractivity contribution is 0.303. The largest absolute Gasteiger partial charge is 0.490 e. The van der Waals surface area contributed by atoms with Gasteiger partial charge in [0.15, 0.2) is 0 Å². The number of ether oxygens (including phenoxy) is 1. The van der Waals surface area contributed by atoms with Crippen molar-refractivity contribution in [3.63, 3.8) is 0 Å². The molecule has 0 aliphatic heterocycles. The third-order valence-corrected chi connectivity index (χ3v) is 2.73. The molecular weight excluding hydrogens is 160 g/mol. The molecule has 1 saturated carbocycles. The molecule has 13 heavy (non-hydrogen) atoms. The fourth-order valence-electron chi connectivity index (χ4n) is 1.44. The summed E-state index contributed by atoms with van der Waals surface area (Å²) < 4.78 is 5.74. The van der Waals surface area contributed by atoms with E-state index in [9.17, 15) is 0 Å². The Morgan fingerprint density at radius 1 is 1.08 bits per heavy atom. The lowest BCUT2D eigenvalue weighted by atomic mass is 10.0. The molecule has 0 saturated heterocycles. The van der Waals surface area contributed by atoms with Crippen LogP contribution in [0.4, 0.5) is 0 Å². The van der Waals surface area contributed by atoms with Crippen LogP contribution in [0.1, 0.15) is 29.5 Å². The third kappa shape index (κ3) is 1.85. The molecular formula is C12H16O. The second-order valence-corrected chi connectivity index (χ2v) is 4.00. The van der Waals surface area contributed by atoms with Gasteiger partial charge in [-0.2, -0.15) is 0 Å². The van der Waals surface area contributed by atoms with Crippen LogP contribution in [-0.2, 0) is 0 Å². The number of benzene rings is 1. The summed E-state index contributed by atoms with van der Waals surface area (Å²) in [6.45, 7) is 6.44. The van der Waals surface area contributed by atoms with E-state index >= 15 is 0 Å². The Morgan fingerprint density at radius 2 is 1.62 bits per heavy atom. The highest BCUT2D eigenvalue weighted by Gasteiger charge is 2.23. The predicted octanol–water partition coefficient (Wildman–Crippen LogP) is 3.15. The molecule has 0 unspecified atom stereocenters. The second-order valence-electron chi connectivity index (χ2n) is 4.00. The highest BCUT2D eigenvalue weighted by Crippen LogP contribution is 2.29. The van der Waals surface area contributed by atoms with Gasteiger partial charge in [-0.05, 0) is 62.4 Å². The average molecular weight is 176 g/mol. The summed E-state index contributed by atoms with van der Waals surface area (Å²) in [6.07, 6.45) is 2.96. The van der Waals surface area contributed by atoms with E-state index in [1.807, 2.05) is 0 Å². The molecule has 70 valence electrons. The van der Waals surface area contributed by atoms with E-state index in [1.54, 1.807) is 0 Å². The first-order valence-electron chi connectivity index (χ1n) is 4.91. The van der Waals surface area contributed by atoms with Crippen molar-refractivity contribution in [2.75, 3.05) is 0 Å². The van der Waals surface area contributed by atoms with Crippen LogP contribution in [0.25, 0.3) is 0 Å². The average Bonchev–Trinajstić information content (AvgIpc) is 2.84. The smallest absolute Gasteiger partial charge is 0.120 e. The maximum atomic E-state index is 5.74. The number of aryl methyl sites for hydroxylation is 2. The van der Waals surface area contributed by atoms with Crippen molar-refractivity contribution >= 4 is 0 Å². The van der Waals surface area contributed by atoms with Crippen molar-refractivity contribution in [3.8, 4) is 5.75 Å². The number of rotatable bonds is 2. The van der Waals surface area contributed by atoms with Crippen LogP contribution in [0.3, 0.4) is 0 Å². The maximum absolute atomic E-state index is 5.74. The summed E-state index contributed by atoms with van der Waals surface area (Å²) in [5.41, 5.74) is 4.04. The van der Waals surface area contributed by atoms with Crippen LogP contribution in [0.2, 0.25) is 0 Å². The first-order chi connectivity index (χ1) is 6.16. The van der Waals surface area contributed by atoms with Gasteiger partial charge in [0.2, 0.25) is 0 Å².